The van der Waals surface area contributed by atoms with E-state index in [0.29, 0.717) is 4.88 Å². The molecule has 0 atom stereocenters. The number of hydrogen-bond donors (Lipinski definition) is 1. The first-order chi connectivity index (χ1) is 6.15. The maximum Gasteiger partial charge on any atom is 0.348 e. The number of methoxy groups -OCH3 is 1. The lowest BCUT2D eigenvalue weighted by Gasteiger charge is -2.01. The quantitative estimate of drug-likeness (QED) is 0.733. The molecule has 1 fully saturated rings. The largest absolute Gasteiger partial charge is 0.465 e. The van der Waals surface area contributed by atoms with Gasteiger partial charge in [0.1, 0.15) is 4.88 Å². The number of carbonyl (C=O) groups excluding carboxylic acids is 1. The molecule has 0 aliphatic heterocycles. The summed E-state index contributed by atoms with van der Waals surface area (Å²) in [5, 5.41) is 9.73. The molecule has 0 bridgehead atoms. The van der Waals surface area contributed by atoms with Crippen LogP contribution in [0.2, 0.25) is 0 Å². The summed E-state index contributed by atoms with van der Waals surface area (Å²) >= 11 is 1.31. The lowest BCUT2D eigenvalue weighted by atomic mass is 10.3. The third-order valence-corrected chi connectivity index (χ3v) is 3.43. The Labute approximate surface area is 80.0 Å². The first-order valence-electron chi connectivity index (χ1n) is 4.07. The van der Waals surface area contributed by atoms with Crippen LogP contribution in [-0.2, 0) is 10.3 Å². The molecule has 1 aliphatic carbocycles. The molecule has 2 rings (SSSR count). The average molecular weight is 198 g/mol. The molecule has 0 radical (unpaired) electrons. The fraction of sp³-hybridized carbons (Fsp3) is 0.444. The van der Waals surface area contributed by atoms with Crippen molar-refractivity contribution in [2.24, 2.45) is 0 Å². The Morgan fingerprint density at radius 2 is 2.31 bits per heavy atom. The number of hydrogen-bond acceptors (Lipinski definition) is 4. The maximum atomic E-state index is 11.1. The van der Waals surface area contributed by atoms with Crippen LogP contribution in [-0.4, -0.2) is 18.2 Å². The van der Waals surface area contributed by atoms with E-state index < -0.39 is 5.60 Å². The lowest BCUT2D eigenvalue weighted by molar-refractivity contribution is 0.0606. The number of aliphatic hydroxyl groups is 1. The topological polar surface area (TPSA) is 46.5 Å². The van der Waals surface area contributed by atoms with Crippen molar-refractivity contribution >= 4 is 17.3 Å². The van der Waals surface area contributed by atoms with E-state index in [4.69, 9.17) is 0 Å². The van der Waals surface area contributed by atoms with Gasteiger partial charge in [-0.15, -0.1) is 11.3 Å². The number of thiophene rings is 1. The maximum absolute atomic E-state index is 11.1. The minimum absolute atomic E-state index is 0.333. The van der Waals surface area contributed by atoms with E-state index in [1.54, 1.807) is 12.1 Å². The molecule has 1 heterocycles. The monoisotopic (exact) mass is 198 g/mol. The number of esters is 1. The van der Waals surface area contributed by atoms with Gasteiger partial charge >= 0.3 is 5.97 Å². The molecule has 1 saturated carbocycles. The summed E-state index contributed by atoms with van der Waals surface area (Å²) in [5.41, 5.74) is -0.642. The second-order valence-corrected chi connectivity index (χ2v) is 4.27. The summed E-state index contributed by atoms with van der Waals surface area (Å²) in [6, 6.07) is 3.49. The highest BCUT2D eigenvalue weighted by atomic mass is 32.1. The zero-order valence-corrected chi connectivity index (χ0v) is 8.06. The molecule has 0 saturated heterocycles. The summed E-state index contributed by atoms with van der Waals surface area (Å²) in [4.78, 5) is 12.5. The Morgan fingerprint density at radius 1 is 1.62 bits per heavy atom. The zero-order valence-electron chi connectivity index (χ0n) is 7.24. The van der Waals surface area contributed by atoms with Gasteiger partial charge in [0.25, 0.3) is 0 Å². The molecule has 0 spiro atoms. The molecule has 13 heavy (non-hydrogen) atoms. The van der Waals surface area contributed by atoms with Gasteiger partial charge in [0.15, 0.2) is 0 Å². The van der Waals surface area contributed by atoms with Gasteiger partial charge in [-0.1, -0.05) is 0 Å². The first-order valence-corrected chi connectivity index (χ1v) is 4.88. The van der Waals surface area contributed by atoms with E-state index in [2.05, 4.69) is 4.74 Å². The van der Waals surface area contributed by atoms with Crippen molar-refractivity contribution in [2.75, 3.05) is 7.11 Å². The molecule has 1 aliphatic rings. The van der Waals surface area contributed by atoms with Gasteiger partial charge < -0.3 is 9.84 Å². The van der Waals surface area contributed by atoms with Crippen LogP contribution in [0.3, 0.4) is 0 Å². The zero-order chi connectivity index (χ0) is 9.47. The van der Waals surface area contributed by atoms with Crippen molar-refractivity contribution < 1.29 is 14.6 Å². The van der Waals surface area contributed by atoms with Crippen LogP contribution in [0.4, 0.5) is 0 Å². The number of rotatable bonds is 2. The Kier molecular flexibility index (Phi) is 1.89. The fourth-order valence-electron chi connectivity index (χ4n) is 1.16. The van der Waals surface area contributed by atoms with Crippen LogP contribution in [0, 0.1) is 0 Å². The second kappa shape index (κ2) is 2.82. The van der Waals surface area contributed by atoms with Gasteiger partial charge in [0.2, 0.25) is 0 Å². The van der Waals surface area contributed by atoms with Gasteiger partial charge in [0, 0.05) is 4.88 Å². The average Bonchev–Trinajstić information content (AvgIpc) is 2.72. The smallest absolute Gasteiger partial charge is 0.348 e. The van der Waals surface area contributed by atoms with Crippen LogP contribution < -0.4 is 0 Å². The predicted molar refractivity (Wildman–Crippen MR) is 48.8 cm³/mol. The van der Waals surface area contributed by atoms with Gasteiger partial charge in [0.05, 0.1) is 12.7 Å². The third-order valence-electron chi connectivity index (χ3n) is 2.17. The Hall–Kier alpha value is -0.870. The number of ether oxygens (including phenoxy) is 1. The standard InChI is InChI=1S/C9H10O3S/c1-12-8(10)6-2-3-7(13-6)9(11)4-5-9/h2-3,11H,4-5H2,1H3. The summed E-state index contributed by atoms with van der Waals surface area (Å²) < 4.78 is 4.57. The Morgan fingerprint density at radius 3 is 2.85 bits per heavy atom. The van der Waals surface area contributed by atoms with E-state index >= 15 is 0 Å². The van der Waals surface area contributed by atoms with Crippen LogP contribution in [0.5, 0.6) is 0 Å². The van der Waals surface area contributed by atoms with Crippen molar-refractivity contribution in [3.05, 3.63) is 21.9 Å². The van der Waals surface area contributed by atoms with E-state index in [9.17, 15) is 9.90 Å². The lowest BCUT2D eigenvalue weighted by Crippen LogP contribution is -2.00. The van der Waals surface area contributed by atoms with Gasteiger partial charge in [-0.3, -0.25) is 0 Å². The molecule has 1 aromatic heterocycles. The molecule has 3 nitrogen and oxygen atoms in total. The van der Waals surface area contributed by atoms with Crippen molar-refractivity contribution in [3.63, 3.8) is 0 Å². The number of carbonyl (C=O) groups is 1. The molecule has 70 valence electrons. The molecule has 1 N–H and O–H groups in total. The van der Waals surface area contributed by atoms with E-state index in [1.165, 1.54) is 18.4 Å². The van der Waals surface area contributed by atoms with Crippen molar-refractivity contribution in [1.82, 2.24) is 0 Å². The summed E-state index contributed by atoms with van der Waals surface area (Å²) in [7, 11) is 1.35. The molecular formula is C9H10O3S. The molecule has 0 amide bonds. The SMILES string of the molecule is COC(=O)c1ccc(C2(O)CC2)s1. The Balaban J connectivity index is 2.23. The summed E-state index contributed by atoms with van der Waals surface area (Å²) in [6.07, 6.45) is 1.60. The minimum Gasteiger partial charge on any atom is -0.465 e. The third kappa shape index (κ3) is 1.47. The van der Waals surface area contributed by atoms with Gasteiger partial charge in [-0.25, -0.2) is 4.79 Å². The van der Waals surface area contributed by atoms with Gasteiger partial charge in [-0.2, -0.15) is 0 Å². The minimum atomic E-state index is -0.642. The second-order valence-electron chi connectivity index (χ2n) is 3.19. The highest BCUT2D eigenvalue weighted by Gasteiger charge is 2.43. The van der Waals surface area contributed by atoms with E-state index in [1.807, 2.05) is 0 Å². The molecule has 4 heteroatoms. The Bertz CT molecular complexity index is 338. The van der Waals surface area contributed by atoms with Crippen LogP contribution >= 0.6 is 11.3 Å². The molecular weight excluding hydrogens is 188 g/mol. The van der Waals surface area contributed by atoms with Crippen LogP contribution in [0.25, 0.3) is 0 Å². The van der Waals surface area contributed by atoms with Crippen molar-refractivity contribution in [1.29, 1.82) is 0 Å². The van der Waals surface area contributed by atoms with E-state index in [0.717, 1.165) is 17.7 Å². The molecule has 0 aromatic carbocycles. The molecule has 0 unspecified atom stereocenters. The van der Waals surface area contributed by atoms with Crippen molar-refractivity contribution in [2.45, 2.75) is 18.4 Å². The normalized spacial score (nSPS) is 18.3. The molecule has 1 aromatic rings. The fourth-order valence-corrected chi connectivity index (χ4v) is 2.23. The predicted octanol–water partition coefficient (Wildman–Crippen LogP) is 1.52. The highest BCUT2D eigenvalue weighted by Crippen LogP contribution is 2.47. The van der Waals surface area contributed by atoms with E-state index in [-0.39, 0.29) is 5.97 Å². The highest BCUT2D eigenvalue weighted by molar-refractivity contribution is 7.14. The summed E-state index contributed by atoms with van der Waals surface area (Å²) in [5.74, 6) is -0.333. The van der Waals surface area contributed by atoms with Crippen molar-refractivity contribution in [3.8, 4) is 0 Å². The van der Waals surface area contributed by atoms with Crippen LogP contribution in [0.1, 0.15) is 27.4 Å². The summed E-state index contributed by atoms with van der Waals surface area (Å²) in [6.45, 7) is 0. The first kappa shape index (κ1) is 8.72. The van der Waals surface area contributed by atoms with Crippen LogP contribution in [0.15, 0.2) is 12.1 Å². The van der Waals surface area contributed by atoms with Gasteiger partial charge in [-0.05, 0) is 25.0 Å².